The molecule has 1 aliphatic rings. The molecule has 58 valence electrons. The lowest BCUT2D eigenvalue weighted by molar-refractivity contribution is 0.313. The number of rotatable bonds is 0. The maximum atomic E-state index is 7.89. The predicted molar refractivity (Wildman–Crippen MR) is 46.5 cm³/mol. The molecular formula is C10H13N. The van der Waals surface area contributed by atoms with E-state index >= 15 is 0 Å². The number of fused-ring (bicyclic) bond motifs is 1. The first kappa shape index (κ1) is 4.94. The minimum Gasteiger partial charge on any atom is -0.302 e. The van der Waals surface area contributed by atoms with Gasteiger partial charge in [0.25, 0.3) is 0 Å². The van der Waals surface area contributed by atoms with E-state index in [0.717, 1.165) is 11.1 Å². The molecule has 0 bridgehead atoms. The first-order valence-corrected chi connectivity index (χ1v) is 3.83. The summed E-state index contributed by atoms with van der Waals surface area (Å²) in [5.74, 6) is 0. The fraction of sp³-hybridized carbons (Fsp3) is 0.400. The van der Waals surface area contributed by atoms with E-state index in [1.165, 1.54) is 0 Å². The highest BCUT2D eigenvalue weighted by Crippen LogP contribution is 2.16. The third-order valence-electron chi connectivity index (χ3n) is 1.95. The van der Waals surface area contributed by atoms with Crippen molar-refractivity contribution in [1.29, 1.82) is 0 Å². The molecule has 1 heteroatoms. The van der Waals surface area contributed by atoms with Gasteiger partial charge in [0.05, 0.1) is 0 Å². The fourth-order valence-corrected chi connectivity index (χ4v) is 1.35. The molecule has 1 aliphatic heterocycles. The lowest BCUT2D eigenvalue weighted by atomic mass is 10.0. The van der Waals surface area contributed by atoms with E-state index in [-0.39, 0.29) is 12.9 Å². The summed E-state index contributed by atoms with van der Waals surface area (Å²) in [5, 5.41) is 0. The summed E-state index contributed by atoms with van der Waals surface area (Å²) >= 11 is 0. The Hall–Kier alpha value is -0.820. The van der Waals surface area contributed by atoms with Crippen LogP contribution in [0.1, 0.15) is 13.9 Å². The van der Waals surface area contributed by atoms with Gasteiger partial charge in [0.15, 0.2) is 0 Å². The van der Waals surface area contributed by atoms with Gasteiger partial charge in [-0.3, -0.25) is 0 Å². The van der Waals surface area contributed by atoms with E-state index in [0.29, 0.717) is 6.54 Å². The standard InChI is InChI=1S/C10H13N/c1-11-7-6-9-4-2-3-5-10(9)8-11/h2-5H,6-8H2,1H3/i6D,8D. The first-order chi connectivity index (χ1) is 6.20. The van der Waals surface area contributed by atoms with Crippen LogP contribution in [-0.2, 0) is 12.9 Å². The lowest BCUT2D eigenvalue weighted by Crippen LogP contribution is -2.26. The van der Waals surface area contributed by atoms with Crippen LogP contribution in [0, 0.1) is 0 Å². The second-order valence-electron chi connectivity index (χ2n) is 2.90. The quantitative estimate of drug-likeness (QED) is 0.542. The van der Waals surface area contributed by atoms with Crippen molar-refractivity contribution < 1.29 is 2.74 Å². The summed E-state index contributed by atoms with van der Waals surface area (Å²) in [7, 11) is 1.90. The Labute approximate surface area is 70.5 Å². The van der Waals surface area contributed by atoms with Gasteiger partial charge in [0.1, 0.15) is 0 Å². The van der Waals surface area contributed by atoms with E-state index in [4.69, 9.17) is 2.74 Å². The molecule has 1 aromatic carbocycles. The van der Waals surface area contributed by atoms with Gasteiger partial charge in [-0.05, 0) is 24.6 Å². The maximum absolute atomic E-state index is 7.89. The van der Waals surface area contributed by atoms with Crippen LogP contribution in [0.5, 0.6) is 0 Å². The second kappa shape index (κ2) is 2.67. The number of nitrogens with zero attached hydrogens (tertiary/aromatic N) is 1. The minimum absolute atomic E-state index is 0.192. The van der Waals surface area contributed by atoms with Crippen molar-refractivity contribution in [3.05, 3.63) is 35.4 Å². The van der Waals surface area contributed by atoms with Crippen LogP contribution in [0.25, 0.3) is 0 Å². The largest absolute Gasteiger partial charge is 0.302 e. The van der Waals surface area contributed by atoms with Crippen molar-refractivity contribution in [1.82, 2.24) is 4.90 Å². The summed E-state index contributed by atoms with van der Waals surface area (Å²) < 4.78 is 15.7. The Balaban J connectivity index is 2.47. The monoisotopic (exact) mass is 149 g/mol. The van der Waals surface area contributed by atoms with Crippen molar-refractivity contribution in [3.63, 3.8) is 0 Å². The molecule has 0 spiro atoms. The van der Waals surface area contributed by atoms with Gasteiger partial charge in [-0.2, -0.15) is 0 Å². The van der Waals surface area contributed by atoms with Crippen molar-refractivity contribution in [3.8, 4) is 0 Å². The molecule has 0 saturated heterocycles. The van der Waals surface area contributed by atoms with Gasteiger partial charge < -0.3 is 4.90 Å². The van der Waals surface area contributed by atoms with E-state index in [1.54, 1.807) is 0 Å². The van der Waals surface area contributed by atoms with Gasteiger partial charge in [-0.25, -0.2) is 0 Å². The average molecular weight is 149 g/mol. The Kier molecular flexibility index (Phi) is 1.20. The summed E-state index contributed by atoms with van der Waals surface area (Å²) in [5.41, 5.74) is 2.00. The molecule has 0 aliphatic carbocycles. The van der Waals surface area contributed by atoms with Gasteiger partial charge in [-0.1, -0.05) is 24.3 Å². The zero-order valence-corrected chi connectivity index (χ0v) is 6.62. The van der Waals surface area contributed by atoms with E-state index in [2.05, 4.69) is 0 Å². The highest BCUT2D eigenvalue weighted by Gasteiger charge is 2.10. The molecule has 0 radical (unpaired) electrons. The van der Waals surface area contributed by atoms with Crippen LogP contribution in [0.2, 0.25) is 0 Å². The zero-order valence-electron chi connectivity index (χ0n) is 8.62. The van der Waals surface area contributed by atoms with Gasteiger partial charge in [0, 0.05) is 15.8 Å². The van der Waals surface area contributed by atoms with Crippen LogP contribution in [-0.4, -0.2) is 18.5 Å². The molecule has 1 heterocycles. The van der Waals surface area contributed by atoms with Gasteiger partial charge >= 0.3 is 0 Å². The van der Waals surface area contributed by atoms with Crippen LogP contribution in [0.3, 0.4) is 0 Å². The highest BCUT2D eigenvalue weighted by molar-refractivity contribution is 5.28. The van der Waals surface area contributed by atoms with Crippen molar-refractivity contribution >= 4 is 0 Å². The van der Waals surface area contributed by atoms with Crippen LogP contribution >= 0.6 is 0 Å². The maximum Gasteiger partial charge on any atom is 0.0481 e. The van der Waals surface area contributed by atoms with E-state index < -0.39 is 0 Å². The summed E-state index contributed by atoms with van der Waals surface area (Å²) in [4.78, 5) is 1.90. The molecule has 2 rings (SSSR count). The zero-order chi connectivity index (χ0) is 9.42. The van der Waals surface area contributed by atoms with Gasteiger partial charge in [0.2, 0.25) is 0 Å². The first-order valence-electron chi connectivity index (χ1n) is 4.99. The molecule has 0 aromatic heterocycles. The molecule has 2 unspecified atom stereocenters. The number of hydrogen-bond acceptors (Lipinski definition) is 1. The molecule has 0 saturated carbocycles. The van der Waals surface area contributed by atoms with Crippen LogP contribution in [0.4, 0.5) is 0 Å². The predicted octanol–water partition coefficient (Wildman–Crippen LogP) is 1.67. The highest BCUT2D eigenvalue weighted by atomic mass is 15.1. The molecule has 11 heavy (non-hydrogen) atoms. The lowest BCUT2D eigenvalue weighted by Gasteiger charge is -2.24. The van der Waals surface area contributed by atoms with Crippen molar-refractivity contribution in [2.45, 2.75) is 12.9 Å². The normalized spacial score (nSPS) is 33.9. The molecule has 0 N–H and O–H groups in total. The molecular weight excluding hydrogens is 134 g/mol. The molecule has 1 nitrogen and oxygen atoms in total. The van der Waals surface area contributed by atoms with Crippen LogP contribution in [0.15, 0.2) is 24.3 Å². The van der Waals surface area contributed by atoms with E-state index in [1.807, 2.05) is 36.2 Å². The van der Waals surface area contributed by atoms with Crippen molar-refractivity contribution in [2.75, 3.05) is 13.6 Å². The minimum atomic E-state index is -0.294. The summed E-state index contributed by atoms with van der Waals surface area (Å²) in [6, 6.07) is 7.79. The second-order valence-corrected chi connectivity index (χ2v) is 2.90. The molecule has 1 aromatic rings. The number of benzene rings is 1. The third-order valence-corrected chi connectivity index (χ3v) is 1.95. The molecule has 0 amide bonds. The van der Waals surface area contributed by atoms with Crippen molar-refractivity contribution in [2.24, 2.45) is 0 Å². The summed E-state index contributed by atoms with van der Waals surface area (Å²) in [6.07, 6.45) is -0.192. The smallest absolute Gasteiger partial charge is 0.0481 e. The van der Waals surface area contributed by atoms with Gasteiger partial charge in [-0.15, -0.1) is 0 Å². The third kappa shape index (κ3) is 1.29. The fourth-order valence-electron chi connectivity index (χ4n) is 1.35. The molecule has 0 fully saturated rings. The Morgan fingerprint density at radius 2 is 2.09 bits per heavy atom. The van der Waals surface area contributed by atoms with E-state index in [9.17, 15) is 0 Å². The number of likely N-dealkylation sites (N-methyl/N-ethyl adjacent to an activating group) is 1. The average Bonchev–Trinajstić information content (AvgIpc) is 2.15. The summed E-state index contributed by atoms with van der Waals surface area (Å²) in [6.45, 7) is 0.364. The Morgan fingerprint density at radius 3 is 2.91 bits per heavy atom. The SMILES string of the molecule is [2H]C1CN(C)C([2H])c2ccccc21. The Morgan fingerprint density at radius 1 is 1.36 bits per heavy atom. The number of hydrogen-bond donors (Lipinski definition) is 0. The van der Waals surface area contributed by atoms with Crippen LogP contribution < -0.4 is 0 Å². The Bertz CT molecular complexity index is 314. The topological polar surface area (TPSA) is 3.24 Å². The molecule has 2 atom stereocenters.